The summed E-state index contributed by atoms with van der Waals surface area (Å²) >= 11 is 0. The number of sulfonamides is 1. The van der Waals surface area contributed by atoms with Gasteiger partial charge in [0.2, 0.25) is 15.9 Å². The first-order valence-electron chi connectivity index (χ1n) is 6.89. The van der Waals surface area contributed by atoms with Crippen molar-refractivity contribution in [1.82, 2.24) is 0 Å². The molecule has 21 heavy (non-hydrogen) atoms. The van der Waals surface area contributed by atoms with Gasteiger partial charge in [0.15, 0.2) is 0 Å². The van der Waals surface area contributed by atoms with E-state index in [1.54, 1.807) is 19.1 Å². The molecule has 3 N–H and O–H groups in total. The molecule has 2 atom stereocenters. The summed E-state index contributed by atoms with van der Waals surface area (Å²) in [6.07, 6.45) is 1.45. The van der Waals surface area contributed by atoms with E-state index in [0.29, 0.717) is 24.3 Å². The molecule has 2 rings (SSSR count). The van der Waals surface area contributed by atoms with Crippen LogP contribution in [0.25, 0.3) is 0 Å². The monoisotopic (exact) mass is 312 g/mol. The number of hydrogen-bond acceptors (Lipinski definition) is 4. The Bertz CT molecular complexity index is 642. The molecule has 1 heterocycles. The fourth-order valence-electron chi connectivity index (χ4n) is 2.63. The summed E-state index contributed by atoms with van der Waals surface area (Å²) in [7, 11) is -3.74. The first-order chi connectivity index (χ1) is 9.82. The highest BCUT2D eigenvalue weighted by atomic mass is 32.2. The van der Waals surface area contributed by atoms with Crippen molar-refractivity contribution in [2.75, 3.05) is 11.9 Å². The van der Waals surface area contributed by atoms with Gasteiger partial charge in [-0.1, -0.05) is 6.92 Å². The predicted molar refractivity (Wildman–Crippen MR) is 79.3 cm³/mol. The standard InChI is InChI=1S/C14H20N2O4S/c1-3-12-11(6-7-20-12)14(17)16-10-4-5-13(9(2)8-10)21(15,18)19/h4-5,8,11-12H,3,6-7H2,1-2H3,(H,16,17)(H2,15,18,19). The van der Waals surface area contributed by atoms with E-state index in [9.17, 15) is 13.2 Å². The lowest BCUT2D eigenvalue weighted by Gasteiger charge is -2.17. The van der Waals surface area contributed by atoms with Crippen molar-refractivity contribution in [3.05, 3.63) is 23.8 Å². The number of nitrogens with two attached hydrogens (primary N) is 1. The van der Waals surface area contributed by atoms with Crippen LogP contribution in [-0.4, -0.2) is 27.0 Å². The Morgan fingerprint density at radius 3 is 2.76 bits per heavy atom. The molecule has 1 aromatic carbocycles. The Kier molecular flexibility index (Phi) is 4.65. The zero-order valence-electron chi connectivity index (χ0n) is 12.1. The summed E-state index contributed by atoms with van der Waals surface area (Å²) in [6.45, 7) is 4.23. The molecule has 0 aromatic heterocycles. The second-order valence-electron chi connectivity index (χ2n) is 5.23. The number of amides is 1. The van der Waals surface area contributed by atoms with Crippen LogP contribution < -0.4 is 10.5 Å². The quantitative estimate of drug-likeness (QED) is 0.877. The van der Waals surface area contributed by atoms with Gasteiger partial charge >= 0.3 is 0 Å². The van der Waals surface area contributed by atoms with Crippen molar-refractivity contribution in [3.8, 4) is 0 Å². The molecule has 0 spiro atoms. The molecule has 7 heteroatoms. The van der Waals surface area contributed by atoms with Gasteiger partial charge in [0, 0.05) is 12.3 Å². The summed E-state index contributed by atoms with van der Waals surface area (Å²) in [5.41, 5.74) is 1.07. The third kappa shape index (κ3) is 3.61. The van der Waals surface area contributed by atoms with Crippen molar-refractivity contribution in [3.63, 3.8) is 0 Å². The largest absolute Gasteiger partial charge is 0.377 e. The first kappa shape index (κ1) is 15.9. The number of nitrogens with one attached hydrogen (secondary N) is 1. The van der Waals surface area contributed by atoms with Crippen LogP contribution in [0.4, 0.5) is 5.69 Å². The van der Waals surface area contributed by atoms with Gasteiger partial charge in [-0.25, -0.2) is 13.6 Å². The van der Waals surface area contributed by atoms with Gasteiger partial charge in [0.25, 0.3) is 0 Å². The van der Waals surface area contributed by atoms with Crippen molar-refractivity contribution in [2.24, 2.45) is 11.1 Å². The summed E-state index contributed by atoms with van der Waals surface area (Å²) in [4.78, 5) is 12.3. The molecule has 0 aliphatic carbocycles. The summed E-state index contributed by atoms with van der Waals surface area (Å²) in [6, 6.07) is 4.55. The molecular weight excluding hydrogens is 292 g/mol. The van der Waals surface area contributed by atoms with Crippen molar-refractivity contribution >= 4 is 21.6 Å². The van der Waals surface area contributed by atoms with Crippen LogP contribution in [0, 0.1) is 12.8 Å². The number of benzene rings is 1. The maximum Gasteiger partial charge on any atom is 0.238 e. The van der Waals surface area contributed by atoms with E-state index in [2.05, 4.69) is 5.32 Å². The molecule has 1 aliphatic heterocycles. The van der Waals surface area contributed by atoms with E-state index in [4.69, 9.17) is 9.88 Å². The Labute approximate surface area is 124 Å². The molecule has 1 aliphatic rings. The fraction of sp³-hybridized carbons (Fsp3) is 0.500. The van der Waals surface area contributed by atoms with Gasteiger partial charge in [0.1, 0.15) is 0 Å². The minimum absolute atomic E-state index is 0.0465. The van der Waals surface area contributed by atoms with E-state index < -0.39 is 10.0 Å². The van der Waals surface area contributed by atoms with Gasteiger partial charge in [-0.05, 0) is 43.5 Å². The number of rotatable bonds is 4. The number of carbonyl (C=O) groups is 1. The highest BCUT2D eigenvalue weighted by molar-refractivity contribution is 7.89. The molecule has 0 bridgehead atoms. The minimum atomic E-state index is -3.74. The van der Waals surface area contributed by atoms with E-state index in [-0.39, 0.29) is 22.8 Å². The molecule has 1 aromatic rings. The smallest absolute Gasteiger partial charge is 0.238 e. The maximum atomic E-state index is 12.2. The predicted octanol–water partition coefficient (Wildman–Crippen LogP) is 1.40. The lowest BCUT2D eigenvalue weighted by molar-refractivity contribution is -0.121. The zero-order chi connectivity index (χ0) is 15.6. The second kappa shape index (κ2) is 6.13. The van der Waals surface area contributed by atoms with Crippen LogP contribution >= 0.6 is 0 Å². The lowest BCUT2D eigenvalue weighted by atomic mass is 9.98. The SMILES string of the molecule is CCC1OCCC1C(=O)Nc1ccc(S(N)(=O)=O)c(C)c1. The normalized spacial score (nSPS) is 22.2. The van der Waals surface area contributed by atoms with Crippen LogP contribution in [0.3, 0.4) is 0 Å². The average molecular weight is 312 g/mol. The van der Waals surface area contributed by atoms with Crippen LogP contribution in [0.1, 0.15) is 25.3 Å². The first-order valence-corrected chi connectivity index (χ1v) is 8.43. The van der Waals surface area contributed by atoms with Crippen LogP contribution in [0.15, 0.2) is 23.1 Å². The molecule has 6 nitrogen and oxygen atoms in total. The molecule has 2 unspecified atom stereocenters. The second-order valence-corrected chi connectivity index (χ2v) is 6.76. The lowest BCUT2D eigenvalue weighted by Crippen LogP contribution is -2.29. The van der Waals surface area contributed by atoms with Crippen LogP contribution in [0.2, 0.25) is 0 Å². The third-order valence-electron chi connectivity index (χ3n) is 3.70. The Hall–Kier alpha value is -1.44. The number of hydrogen-bond donors (Lipinski definition) is 2. The van der Waals surface area contributed by atoms with Gasteiger partial charge in [0.05, 0.1) is 16.9 Å². The number of anilines is 1. The summed E-state index contributed by atoms with van der Waals surface area (Å²) < 4.78 is 28.2. The van der Waals surface area contributed by atoms with Crippen molar-refractivity contribution < 1.29 is 17.9 Å². The van der Waals surface area contributed by atoms with Gasteiger partial charge in [-0.2, -0.15) is 0 Å². The third-order valence-corrected chi connectivity index (χ3v) is 4.77. The van der Waals surface area contributed by atoms with E-state index >= 15 is 0 Å². The minimum Gasteiger partial charge on any atom is -0.377 e. The van der Waals surface area contributed by atoms with E-state index in [1.807, 2.05) is 6.92 Å². The van der Waals surface area contributed by atoms with Crippen LogP contribution in [-0.2, 0) is 19.6 Å². The van der Waals surface area contributed by atoms with Gasteiger partial charge < -0.3 is 10.1 Å². The maximum absolute atomic E-state index is 12.2. The molecule has 1 saturated heterocycles. The molecular formula is C14H20N2O4S. The molecule has 1 fully saturated rings. The average Bonchev–Trinajstić information content (AvgIpc) is 2.85. The Morgan fingerprint density at radius 1 is 1.48 bits per heavy atom. The Morgan fingerprint density at radius 2 is 2.19 bits per heavy atom. The molecule has 0 saturated carbocycles. The number of carbonyl (C=O) groups excluding carboxylic acids is 1. The topological polar surface area (TPSA) is 98.5 Å². The van der Waals surface area contributed by atoms with E-state index in [0.717, 1.165) is 6.42 Å². The zero-order valence-corrected chi connectivity index (χ0v) is 12.9. The van der Waals surface area contributed by atoms with E-state index in [1.165, 1.54) is 6.07 Å². The Balaban J connectivity index is 2.13. The highest BCUT2D eigenvalue weighted by Crippen LogP contribution is 2.25. The number of primary sulfonamides is 1. The number of ether oxygens (including phenoxy) is 1. The highest BCUT2D eigenvalue weighted by Gasteiger charge is 2.32. The molecule has 0 radical (unpaired) electrons. The van der Waals surface area contributed by atoms with Gasteiger partial charge in [-0.15, -0.1) is 0 Å². The van der Waals surface area contributed by atoms with Crippen molar-refractivity contribution in [2.45, 2.75) is 37.7 Å². The van der Waals surface area contributed by atoms with Crippen molar-refractivity contribution in [1.29, 1.82) is 0 Å². The molecule has 116 valence electrons. The summed E-state index contributed by atoms with van der Waals surface area (Å²) in [5.74, 6) is -0.254. The van der Waals surface area contributed by atoms with Crippen LogP contribution in [0.5, 0.6) is 0 Å². The molecule has 1 amide bonds. The van der Waals surface area contributed by atoms with Gasteiger partial charge in [-0.3, -0.25) is 4.79 Å². The fourth-order valence-corrected chi connectivity index (χ4v) is 3.40. The summed E-state index contributed by atoms with van der Waals surface area (Å²) in [5, 5.41) is 7.93. The number of aryl methyl sites for hydroxylation is 1.